The van der Waals surface area contributed by atoms with Gasteiger partial charge in [-0.2, -0.15) is 22.0 Å². The van der Waals surface area contributed by atoms with E-state index in [1.54, 1.807) is 0 Å². The van der Waals surface area contributed by atoms with Crippen LogP contribution in [0.4, 0.5) is 22.0 Å². The summed E-state index contributed by atoms with van der Waals surface area (Å²) in [7, 11) is 0. The number of hydrogen-bond acceptors (Lipinski definition) is 3. The van der Waals surface area contributed by atoms with Crippen LogP contribution in [0.1, 0.15) is 5.69 Å². The van der Waals surface area contributed by atoms with Gasteiger partial charge < -0.3 is 5.11 Å². The van der Waals surface area contributed by atoms with Crippen LogP contribution in [0.5, 0.6) is 0 Å². The van der Waals surface area contributed by atoms with Gasteiger partial charge in [0.15, 0.2) is 0 Å². The topological polar surface area (TPSA) is 50.2 Å². The predicted octanol–water partition coefficient (Wildman–Crippen LogP) is 2.75. The molecule has 0 amide bonds. The second-order valence-electron chi connectivity index (χ2n) is 3.18. The molecule has 0 aliphatic rings. The van der Waals surface area contributed by atoms with E-state index in [0.29, 0.717) is 0 Å². The van der Waals surface area contributed by atoms with Gasteiger partial charge in [-0.05, 0) is 12.1 Å². The summed E-state index contributed by atoms with van der Waals surface area (Å²) in [6.45, 7) is 0. The number of aromatic nitrogens is 1. The summed E-state index contributed by atoms with van der Waals surface area (Å²) in [4.78, 5) is 14.2. The summed E-state index contributed by atoms with van der Waals surface area (Å²) in [6, 6.07) is 3.94. The second-order valence-corrected chi connectivity index (χ2v) is 3.18. The Labute approximate surface area is 97.6 Å². The molecule has 0 bridgehead atoms. The number of carbonyl (C=O) groups is 1. The largest absolute Gasteiger partial charge is 0.506 e. The summed E-state index contributed by atoms with van der Waals surface area (Å²) in [5.41, 5.74) is -0.288. The Morgan fingerprint density at radius 1 is 1.22 bits per heavy atom. The van der Waals surface area contributed by atoms with Gasteiger partial charge in [0.25, 0.3) is 0 Å². The zero-order valence-corrected chi connectivity index (χ0v) is 8.58. The van der Waals surface area contributed by atoms with Crippen LogP contribution in [0.2, 0.25) is 0 Å². The molecule has 1 aromatic heterocycles. The number of aliphatic hydroxyl groups excluding tert-OH is 1. The average Bonchev–Trinajstić information content (AvgIpc) is 2.28. The number of hydrogen-bond donors (Lipinski definition) is 1. The zero-order chi connectivity index (χ0) is 14.0. The van der Waals surface area contributed by atoms with Crippen LogP contribution in [0, 0.1) is 0 Å². The molecule has 0 saturated carbocycles. The summed E-state index contributed by atoms with van der Waals surface area (Å²) in [6.07, 6.45) is -5.04. The van der Waals surface area contributed by atoms with Crippen molar-refractivity contribution in [2.24, 2.45) is 0 Å². The normalized spacial score (nSPS) is 13.5. The fourth-order valence-corrected chi connectivity index (χ4v) is 0.943. The number of nitrogens with zero attached hydrogens (tertiary/aromatic N) is 1. The first-order chi connectivity index (χ1) is 8.16. The first-order valence-corrected chi connectivity index (χ1v) is 4.47. The molecule has 3 nitrogen and oxygen atoms in total. The van der Waals surface area contributed by atoms with Crippen molar-refractivity contribution >= 4 is 11.5 Å². The number of halogens is 5. The van der Waals surface area contributed by atoms with Crippen molar-refractivity contribution in [2.75, 3.05) is 0 Å². The van der Waals surface area contributed by atoms with Gasteiger partial charge in [0.2, 0.25) is 5.78 Å². The van der Waals surface area contributed by atoms with Crippen molar-refractivity contribution in [3.63, 3.8) is 0 Å². The van der Waals surface area contributed by atoms with E-state index in [0.717, 1.165) is 6.07 Å². The van der Waals surface area contributed by atoms with Gasteiger partial charge in [0.1, 0.15) is 11.5 Å². The lowest BCUT2D eigenvalue weighted by Gasteiger charge is -2.16. The van der Waals surface area contributed by atoms with Gasteiger partial charge in [0.05, 0.1) is 0 Å². The number of carbonyl (C=O) groups excluding carboxylic acids is 1. The number of alkyl halides is 5. The standard InChI is InChI=1S/C10H6F5NO2/c11-9(12,10(13,14)15)8(18)5-7(17)6-3-1-2-4-16-6/h1-5,17H. The molecule has 0 fully saturated rings. The molecule has 0 spiro atoms. The number of allylic oxidation sites excluding steroid dienone is 1. The molecule has 0 atom stereocenters. The lowest BCUT2D eigenvalue weighted by molar-refractivity contribution is -0.266. The highest BCUT2D eigenvalue weighted by Crippen LogP contribution is 2.36. The van der Waals surface area contributed by atoms with Crippen molar-refractivity contribution in [3.8, 4) is 0 Å². The van der Waals surface area contributed by atoms with Gasteiger partial charge >= 0.3 is 12.1 Å². The molecule has 0 radical (unpaired) electrons. The summed E-state index contributed by atoms with van der Waals surface area (Å²) < 4.78 is 60.6. The number of rotatable bonds is 3. The Morgan fingerprint density at radius 2 is 1.83 bits per heavy atom. The lowest BCUT2D eigenvalue weighted by Crippen LogP contribution is -2.43. The quantitative estimate of drug-likeness (QED) is 0.520. The zero-order valence-electron chi connectivity index (χ0n) is 8.58. The fraction of sp³-hybridized carbons (Fsp3) is 0.200. The van der Waals surface area contributed by atoms with Gasteiger partial charge in [-0.1, -0.05) is 6.07 Å². The van der Waals surface area contributed by atoms with Gasteiger partial charge in [-0.3, -0.25) is 9.78 Å². The van der Waals surface area contributed by atoms with Crippen LogP contribution < -0.4 is 0 Å². The van der Waals surface area contributed by atoms with Gasteiger partial charge in [0, 0.05) is 12.3 Å². The molecule has 0 aliphatic carbocycles. The van der Waals surface area contributed by atoms with E-state index in [1.807, 2.05) is 0 Å². The van der Waals surface area contributed by atoms with Crippen molar-refractivity contribution in [3.05, 3.63) is 36.2 Å². The third-order valence-electron chi connectivity index (χ3n) is 1.86. The fourth-order valence-electron chi connectivity index (χ4n) is 0.943. The first-order valence-electron chi connectivity index (χ1n) is 4.47. The van der Waals surface area contributed by atoms with Crippen LogP contribution in [0.15, 0.2) is 30.5 Å². The Kier molecular flexibility index (Phi) is 3.68. The SMILES string of the molecule is O=C(C=C(O)c1ccccn1)C(F)(F)C(F)(F)F. The molecular weight excluding hydrogens is 261 g/mol. The number of pyridine rings is 1. The van der Waals surface area contributed by atoms with Gasteiger partial charge in [-0.15, -0.1) is 0 Å². The molecule has 1 N–H and O–H groups in total. The number of aliphatic hydroxyl groups is 1. The molecule has 1 aromatic rings. The Hall–Kier alpha value is -1.99. The van der Waals surface area contributed by atoms with E-state index in [9.17, 15) is 31.9 Å². The van der Waals surface area contributed by atoms with Crippen LogP contribution in [-0.2, 0) is 4.79 Å². The monoisotopic (exact) mass is 267 g/mol. The highest BCUT2D eigenvalue weighted by Gasteiger charge is 2.62. The minimum absolute atomic E-state index is 0.199. The third kappa shape index (κ3) is 2.82. The summed E-state index contributed by atoms with van der Waals surface area (Å²) in [5, 5.41) is 9.20. The van der Waals surface area contributed by atoms with Crippen molar-refractivity contribution < 1.29 is 31.9 Å². The molecule has 1 heterocycles. The highest BCUT2D eigenvalue weighted by atomic mass is 19.4. The van der Waals surface area contributed by atoms with E-state index in [1.165, 1.54) is 18.3 Å². The van der Waals surface area contributed by atoms with Crippen molar-refractivity contribution in [2.45, 2.75) is 12.1 Å². The van der Waals surface area contributed by atoms with Crippen LogP contribution in [0.3, 0.4) is 0 Å². The summed E-state index contributed by atoms with van der Waals surface area (Å²) in [5.74, 6) is -9.17. The van der Waals surface area contributed by atoms with Crippen molar-refractivity contribution in [1.82, 2.24) is 4.98 Å². The van der Waals surface area contributed by atoms with E-state index in [-0.39, 0.29) is 11.8 Å². The molecular formula is C10H6F5NO2. The molecule has 0 aromatic carbocycles. The molecule has 0 aliphatic heterocycles. The average molecular weight is 267 g/mol. The second kappa shape index (κ2) is 4.71. The summed E-state index contributed by atoms with van der Waals surface area (Å²) >= 11 is 0. The van der Waals surface area contributed by atoms with E-state index < -0.39 is 23.6 Å². The third-order valence-corrected chi connectivity index (χ3v) is 1.86. The van der Waals surface area contributed by atoms with Crippen LogP contribution >= 0.6 is 0 Å². The Balaban J connectivity index is 3.01. The van der Waals surface area contributed by atoms with E-state index in [4.69, 9.17) is 0 Å². The number of ketones is 1. The highest BCUT2D eigenvalue weighted by molar-refractivity contribution is 6.00. The maximum Gasteiger partial charge on any atom is 0.461 e. The minimum Gasteiger partial charge on any atom is -0.506 e. The molecule has 0 saturated heterocycles. The van der Waals surface area contributed by atoms with E-state index in [2.05, 4.69) is 4.98 Å². The van der Waals surface area contributed by atoms with Crippen LogP contribution in [-0.4, -0.2) is 28.0 Å². The maximum absolute atomic E-state index is 12.5. The smallest absolute Gasteiger partial charge is 0.461 e. The molecule has 1 rings (SSSR count). The van der Waals surface area contributed by atoms with Crippen LogP contribution in [0.25, 0.3) is 5.76 Å². The molecule has 0 unspecified atom stereocenters. The predicted molar refractivity (Wildman–Crippen MR) is 50.9 cm³/mol. The molecule has 98 valence electrons. The van der Waals surface area contributed by atoms with E-state index >= 15 is 0 Å². The Morgan fingerprint density at radius 3 is 2.28 bits per heavy atom. The van der Waals surface area contributed by atoms with Crippen molar-refractivity contribution in [1.29, 1.82) is 0 Å². The van der Waals surface area contributed by atoms with Gasteiger partial charge in [-0.25, -0.2) is 0 Å². The first kappa shape index (κ1) is 14.1. The maximum atomic E-state index is 12.5. The lowest BCUT2D eigenvalue weighted by atomic mass is 10.1. The molecule has 8 heteroatoms. The minimum atomic E-state index is -6.01. The molecule has 18 heavy (non-hydrogen) atoms. The Bertz CT molecular complexity index is 467.